The summed E-state index contributed by atoms with van der Waals surface area (Å²) in [6, 6.07) is 6.62. The Morgan fingerprint density at radius 3 is 2.54 bits per heavy atom. The molecule has 1 aromatic carbocycles. The van der Waals surface area contributed by atoms with Gasteiger partial charge in [-0.2, -0.15) is 3.94 Å². The molecule has 0 atom stereocenters. The van der Waals surface area contributed by atoms with Gasteiger partial charge >= 0.3 is 5.97 Å². The molecular weight excluding hydrogens is 213 g/mol. The van der Waals surface area contributed by atoms with Crippen LogP contribution in [-0.4, -0.2) is 13.1 Å². The van der Waals surface area contributed by atoms with Crippen LogP contribution in [0.5, 0.6) is 0 Å². The van der Waals surface area contributed by atoms with Gasteiger partial charge in [0, 0.05) is 23.6 Å². The lowest BCUT2D eigenvalue weighted by atomic mass is 10.2. The first-order valence-corrected chi connectivity index (χ1v) is 4.13. The number of methoxy groups -OCH3 is 1. The number of para-hydroxylation sites is 1. The number of hydrogen-bond donors (Lipinski definition) is 0. The molecule has 0 spiro atoms. The van der Waals surface area contributed by atoms with Crippen molar-refractivity contribution in [3.8, 4) is 0 Å². The van der Waals surface area contributed by atoms with Crippen molar-refractivity contribution < 1.29 is 9.53 Å². The smallest absolute Gasteiger partial charge is 0.340 e. The average Bonchev–Trinajstić information content (AvgIpc) is 2.16. The number of anilines is 1. The van der Waals surface area contributed by atoms with Gasteiger partial charge in [0.1, 0.15) is 0 Å². The zero-order valence-electron chi connectivity index (χ0n) is 6.83. The maximum absolute atomic E-state index is 11.2. The van der Waals surface area contributed by atoms with E-state index in [4.69, 9.17) is 23.6 Å². The summed E-state index contributed by atoms with van der Waals surface area (Å²) in [4.78, 5) is 11.2. The van der Waals surface area contributed by atoms with Crippen molar-refractivity contribution >= 4 is 35.2 Å². The van der Waals surface area contributed by atoms with Gasteiger partial charge in [-0.3, -0.25) is 0 Å². The third-order valence-electron chi connectivity index (χ3n) is 1.49. The maximum Gasteiger partial charge on any atom is 0.340 e. The lowest BCUT2D eigenvalue weighted by Crippen LogP contribution is -2.06. The molecule has 0 aliphatic rings. The van der Waals surface area contributed by atoms with Crippen LogP contribution in [0.1, 0.15) is 10.4 Å². The number of halogens is 2. The van der Waals surface area contributed by atoms with Crippen LogP contribution < -0.4 is 3.94 Å². The minimum absolute atomic E-state index is 0.329. The number of nitrogens with zero attached hydrogens (tertiary/aromatic N) is 1. The molecule has 1 aromatic rings. The molecule has 1 rings (SSSR count). The molecule has 0 radical (unpaired) electrons. The highest BCUT2D eigenvalue weighted by molar-refractivity contribution is 6.49. The van der Waals surface area contributed by atoms with Gasteiger partial charge < -0.3 is 4.74 Å². The Morgan fingerprint density at radius 1 is 1.38 bits per heavy atom. The van der Waals surface area contributed by atoms with E-state index in [2.05, 4.69) is 4.74 Å². The Labute approximate surface area is 86.0 Å². The van der Waals surface area contributed by atoms with Crippen molar-refractivity contribution in [2.45, 2.75) is 0 Å². The second-order valence-corrected chi connectivity index (χ2v) is 3.09. The van der Waals surface area contributed by atoms with Gasteiger partial charge in [-0.15, -0.1) is 0 Å². The molecule has 5 heteroatoms. The van der Waals surface area contributed by atoms with Crippen molar-refractivity contribution in [2.75, 3.05) is 11.0 Å². The van der Waals surface area contributed by atoms with Crippen LogP contribution in [0.3, 0.4) is 0 Å². The minimum atomic E-state index is -0.470. The van der Waals surface area contributed by atoms with Crippen LogP contribution in [0.25, 0.3) is 0 Å². The first kappa shape index (κ1) is 10.2. The highest BCUT2D eigenvalue weighted by Gasteiger charge is 2.13. The zero-order valence-corrected chi connectivity index (χ0v) is 8.34. The largest absolute Gasteiger partial charge is 0.465 e. The number of carbonyl (C=O) groups excluding carboxylic acids is 1. The van der Waals surface area contributed by atoms with Gasteiger partial charge in [0.2, 0.25) is 0 Å². The molecule has 0 unspecified atom stereocenters. The van der Waals surface area contributed by atoms with Crippen molar-refractivity contribution in [3.05, 3.63) is 29.8 Å². The summed E-state index contributed by atoms with van der Waals surface area (Å²) in [5.41, 5.74) is 0.729. The van der Waals surface area contributed by atoms with E-state index in [1.807, 2.05) is 0 Å². The fourth-order valence-corrected chi connectivity index (χ4v) is 1.20. The van der Waals surface area contributed by atoms with E-state index in [1.165, 1.54) is 7.11 Å². The van der Waals surface area contributed by atoms with E-state index < -0.39 is 5.97 Å². The molecule has 70 valence electrons. The third kappa shape index (κ3) is 2.26. The SMILES string of the molecule is COC(=O)c1ccccc1N(Cl)Cl. The molecular formula is C8H7Cl2NO2. The summed E-state index contributed by atoms with van der Waals surface area (Å²) < 4.78 is 5.37. The van der Waals surface area contributed by atoms with Crippen LogP contribution in [0.4, 0.5) is 5.69 Å². The first-order valence-electron chi connectivity index (χ1n) is 3.46. The number of hydrogen-bond acceptors (Lipinski definition) is 3. The Bertz CT molecular complexity index is 315. The Morgan fingerprint density at radius 2 is 2.00 bits per heavy atom. The summed E-state index contributed by atoms with van der Waals surface area (Å²) in [5.74, 6) is -0.470. The van der Waals surface area contributed by atoms with E-state index in [-0.39, 0.29) is 0 Å². The molecule has 0 aliphatic carbocycles. The first-order chi connectivity index (χ1) is 6.16. The van der Waals surface area contributed by atoms with Crippen molar-refractivity contribution in [1.82, 2.24) is 0 Å². The van der Waals surface area contributed by atoms with Crippen LogP contribution in [0.2, 0.25) is 0 Å². The number of carbonyl (C=O) groups is 1. The number of esters is 1. The van der Waals surface area contributed by atoms with E-state index in [0.717, 1.165) is 3.94 Å². The summed E-state index contributed by atoms with van der Waals surface area (Å²) in [7, 11) is 1.30. The molecule has 0 saturated heterocycles. The predicted molar refractivity (Wildman–Crippen MR) is 52.0 cm³/mol. The molecule has 0 bridgehead atoms. The number of rotatable bonds is 2. The summed E-state index contributed by atoms with van der Waals surface area (Å²) >= 11 is 11.0. The van der Waals surface area contributed by atoms with E-state index in [0.29, 0.717) is 11.3 Å². The van der Waals surface area contributed by atoms with E-state index >= 15 is 0 Å². The minimum Gasteiger partial charge on any atom is -0.465 e. The number of ether oxygens (including phenoxy) is 1. The third-order valence-corrected chi connectivity index (χ3v) is 1.86. The Kier molecular flexibility index (Phi) is 3.39. The highest BCUT2D eigenvalue weighted by atomic mass is 35.5. The van der Waals surface area contributed by atoms with Gasteiger partial charge in [-0.1, -0.05) is 12.1 Å². The summed E-state index contributed by atoms with van der Waals surface area (Å²) in [6.07, 6.45) is 0. The lowest BCUT2D eigenvalue weighted by Gasteiger charge is -2.09. The molecule has 0 N–H and O–H groups in total. The quantitative estimate of drug-likeness (QED) is 0.566. The van der Waals surface area contributed by atoms with Gasteiger partial charge in [0.15, 0.2) is 0 Å². The van der Waals surface area contributed by atoms with Gasteiger partial charge in [-0.25, -0.2) is 4.79 Å². The fraction of sp³-hybridized carbons (Fsp3) is 0.125. The van der Waals surface area contributed by atoms with Gasteiger partial charge in [0.05, 0.1) is 18.4 Å². The lowest BCUT2D eigenvalue weighted by molar-refractivity contribution is 0.0602. The summed E-state index contributed by atoms with van der Waals surface area (Å²) in [5, 5.41) is 0. The molecule has 0 aliphatic heterocycles. The average molecular weight is 220 g/mol. The maximum atomic E-state index is 11.2. The van der Waals surface area contributed by atoms with Gasteiger partial charge in [-0.05, 0) is 12.1 Å². The molecule has 0 aromatic heterocycles. The molecule has 0 fully saturated rings. The second kappa shape index (κ2) is 4.35. The standard InChI is InChI=1S/C8H7Cl2NO2/c1-13-8(12)6-4-2-3-5-7(6)11(9)10/h2-5H,1H3. The predicted octanol–water partition coefficient (Wildman–Crippen LogP) is 2.59. The van der Waals surface area contributed by atoms with Crippen LogP contribution in [0, 0.1) is 0 Å². The van der Waals surface area contributed by atoms with E-state index in [9.17, 15) is 4.79 Å². The molecule has 0 heterocycles. The van der Waals surface area contributed by atoms with Crippen LogP contribution >= 0.6 is 23.6 Å². The van der Waals surface area contributed by atoms with Crippen molar-refractivity contribution in [3.63, 3.8) is 0 Å². The topological polar surface area (TPSA) is 29.5 Å². The Hall–Kier alpha value is -0.930. The summed E-state index contributed by atoms with van der Waals surface area (Å²) in [6.45, 7) is 0. The zero-order chi connectivity index (χ0) is 9.84. The molecule has 3 nitrogen and oxygen atoms in total. The van der Waals surface area contributed by atoms with E-state index in [1.54, 1.807) is 24.3 Å². The number of benzene rings is 1. The fourth-order valence-electron chi connectivity index (χ4n) is 0.904. The van der Waals surface area contributed by atoms with Crippen molar-refractivity contribution in [2.24, 2.45) is 0 Å². The van der Waals surface area contributed by atoms with Crippen LogP contribution in [0.15, 0.2) is 24.3 Å². The molecule has 0 saturated carbocycles. The molecule has 0 amide bonds. The van der Waals surface area contributed by atoms with Crippen LogP contribution in [-0.2, 0) is 4.74 Å². The monoisotopic (exact) mass is 219 g/mol. The Balaban J connectivity index is 3.12. The van der Waals surface area contributed by atoms with Crippen molar-refractivity contribution in [1.29, 1.82) is 0 Å². The molecule has 13 heavy (non-hydrogen) atoms. The highest BCUT2D eigenvalue weighted by Crippen LogP contribution is 2.24. The normalized spacial score (nSPS) is 9.46. The van der Waals surface area contributed by atoms with Gasteiger partial charge in [0.25, 0.3) is 0 Å². The second-order valence-electron chi connectivity index (χ2n) is 2.24.